The minimum Gasteiger partial charge on any atom is -0.481 e. The molecule has 152 valence electrons. The third-order valence-corrected chi connectivity index (χ3v) is 5.34. The van der Waals surface area contributed by atoms with Crippen LogP contribution in [0.4, 0.5) is 0 Å². The molecule has 0 amide bonds. The van der Waals surface area contributed by atoms with Gasteiger partial charge in [-0.15, -0.1) is 11.8 Å². The van der Waals surface area contributed by atoms with Gasteiger partial charge in [-0.25, -0.2) is 4.79 Å². The summed E-state index contributed by atoms with van der Waals surface area (Å²) in [4.78, 5) is 23.0. The van der Waals surface area contributed by atoms with Crippen molar-refractivity contribution < 1.29 is 24.5 Å². The van der Waals surface area contributed by atoms with Crippen LogP contribution in [0.1, 0.15) is 71.1 Å². The van der Waals surface area contributed by atoms with Crippen LogP contribution in [0.2, 0.25) is 0 Å². The van der Waals surface area contributed by atoms with E-state index in [-0.39, 0.29) is 6.42 Å². The highest BCUT2D eigenvalue weighted by atomic mass is 32.2. The minimum absolute atomic E-state index is 0.0552. The maximum absolute atomic E-state index is 11.5. The summed E-state index contributed by atoms with van der Waals surface area (Å²) < 4.78 is 5.76. The Hall–Kier alpha value is -1.69. The van der Waals surface area contributed by atoms with E-state index in [1.165, 1.54) is 43.9 Å². The zero-order chi connectivity index (χ0) is 19.9. The Kier molecular flexibility index (Phi) is 12.4. The molecule has 1 rings (SSSR count). The molecule has 1 aromatic carbocycles. The van der Waals surface area contributed by atoms with E-state index in [1.54, 1.807) is 12.1 Å². The van der Waals surface area contributed by atoms with E-state index >= 15 is 0 Å². The van der Waals surface area contributed by atoms with Crippen LogP contribution in [0.15, 0.2) is 29.2 Å². The maximum Gasteiger partial charge on any atom is 0.344 e. The molecule has 0 aromatic heterocycles. The van der Waals surface area contributed by atoms with Gasteiger partial charge < -0.3 is 14.9 Å². The quantitative estimate of drug-likeness (QED) is 0.279. The van der Waals surface area contributed by atoms with Crippen LogP contribution in [-0.2, 0) is 9.59 Å². The van der Waals surface area contributed by atoms with Gasteiger partial charge in [-0.2, -0.15) is 0 Å². The first-order valence-corrected chi connectivity index (χ1v) is 10.9. The average molecular weight is 397 g/mol. The molecule has 0 aliphatic heterocycles. The molecule has 0 spiro atoms. The number of unbranched alkanes of at least 4 members (excludes halogenated alkanes) is 7. The smallest absolute Gasteiger partial charge is 0.344 e. The summed E-state index contributed by atoms with van der Waals surface area (Å²) in [6, 6.07) is 7.21. The van der Waals surface area contributed by atoms with Gasteiger partial charge in [0.1, 0.15) is 5.75 Å². The molecule has 0 radical (unpaired) electrons. The van der Waals surface area contributed by atoms with Gasteiger partial charge in [-0.05, 0) is 25.0 Å². The van der Waals surface area contributed by atoms with Crippen molar-refractivity contribution in [2.24, 2.45) is 0 Å². The molecule has 0 aliphatic rings. The molecule has 1 aromatic rings. The monoisotopic (exact) mass is 396 g/mol. The molecule has 27 heavy (non-hydrogen) atoms. The van der Waals surface area contributed by atoms with Crippen LogP contribution in [0.25, 0.3) is 0 Å². The summed E-state index contributed by atoms with van der Waals surface area (Å²) in [6.07, 6.45) is 8.95. The van der Waals surface area contributed by atoms with Crippen molar-refractivity contribution >= 4 is 23.7 Å². The number of thioether (sulfide) groups is 1. The standard InChI is InChI=1S/C21H32O5S/c1-2-3-4-5-6-7-8-9-13-18(21(24)25)26-17-12-10-11-14-19(17)27-16-15-20(22)23/h10-12,14,18H,2-9,13,15-16H2,1H3,(H,22,23)(H,24,25). The highest BCUT2D eigenvalue weighted by Gasteiger charge is 2.20. The molecule has 0 bridgehead atoms. The summed E-state index contributed by atoms with van der Waals surface area (Å²) in [5.74, 6) is -0.868. The first kappa shape index (κ1) is 23.3. The Morgan fingerprint density at radius 2 is 1.63 bits per heavy atom. The molecule has 0 heterocycles. The zero-order valence-electron chi connectivity index (χ0n) is 16.2. The van der Waals surface area contributed by atoms with Crippen LogP contribution < -0.4 is 4.74 Å². The number of rotatable bonds is 16. The largest absolute Gasteiger partial charge is 0.481 e. The van der Waals surface area contributed by atoms with Crippen LogP contribution in [0, 0.1) is 0 Å². The number of hydrogen-bond donors (Lipinski definition) is 2. The molecule has 1 unspecified atom stereocenters. The van der Waals surface area contributed by atoms with E-state index in [0.29, 0.717) is 17.9 Å². The third-order valence-electron chi connectivity index (χ3n) is 4.29. The number of carbonyl (C=O) groups is 2. The number of benzene rings is 1. The molecule has 0 saturated heterocycles. The molecular formula is C21H32O5S. The SMILES string of the molecule is CCCCCCCCCCC(Oc1ccccc1SCCC(=O)O)C(=O)O. The minimum atomic E-state index is -0.955. The van der Waals surface area contributed by atoms with Gasteiger partial charge in [-0.1, -0.05) is 64.0 Å². The predicted octanol–water partition coefficient (Wildman–Crippen LogP) is 5.62. The van der Waals surface area contributed by atoms with Crippen molar-refractivity contribution in [2.45, 2.75) is 82.1 Å². The third kappa shape index (κ3) is 10.9. The fraction of sp³-hybridized carbons (Fsp3) is 0.619. The topological polar surface area (TPSA) is 83.8 Å². The number of para-hydroxylation sites is 1. The molecule has 0 saturated carbocycles. The summed E-state index contributed by atoms with van der Waals surface area (Å²) >= 11 is 1.37. The van der Waals surface area contributed by atoms with Gasteiger partial charge in [0.25, 0.3) is 0 Å². The Morgan fingerprint density at radius 1 is 1.00 bits per heavy atom. The first-order chi connectivity index (χ1) is 13.0. The summed E-state index contributed by atoms with van der Waals surface area (Å²) in [5, 5.41) is 18.2. The molecule has 0 fully saturated rings. The number of carboxylic acid groups (broad SMARTS) is 2. The van der Waals surface area contributed by atoms with Gasteiger partial charge in [0, 0.05) is 10.6 Å². The molecular weight excluding hydrogens is 364 g/mol. The zero-order valence-corrected chi connectivity index (χ0v) is 17.0. The maximum atomic E-state index is 11.5. The second-order valence-electron chi connectivity index (χ2n) is 6.65. The van der Waals surface area contributed by atoms with Crippen LogP contribution in [0.5, 0.6) is 5.75 Å². The molecule has 1 atom stereocenters. The van der Waals surface area contributed by atoms with Gasteiger partial charge >= 0.3 is 11.9 Å². The van der Waals surface area contributed by atoms with Crippen molar-refractivity contribution in [1.29, 1.82) is 0 Å². The number of carboxylic acids is 2. The van der Waals surface area contributed by atoms with Crippen molar-refractivity contribution in [3.63, 3.8) is 0 Å². The lowest BCUT2D eigenvalue weighted by Gasteiger charge is -2.17. The molecule has 2 N–H and O–H groups in total. The summed E-state index contributed by atoms with van der Waals surface area (Å²) in [6.45, 7) is 2.20. The number of aliphatic carboxylic acids is 2. The fourth-order valence-electron chi connectivity index (χ4n) is 2.76. The van der Waals surface area contributed by atoms with Gasteiger partial charge in [0.2, 0.25) is 0 Å². The first-order valence-electron chi connectivity index (χ1n) is 9.87. The average Bonchev–Trinajstić information content (AvgIpc) is 2.63. The molecule has 5 nitrogen and oxygen atoms in total. The van der Waals surface area contributed by atoms with E-state index in [2.05, 4.69) is 6.92 Å². The van der Waals surface area contributed by atoms with Gasteiger partial charge in [0.15, 0.2) is 6.10 Å². The van der Waals surface area contributed by atoms with E-state index < -0.39 is 18.0 Å². The summed E-state index contributed by atoms with van der Waals surface area (Å²) in [7, 11) is 0. The van der Waals surface area contributed by atoms with E-state index in [9.17, 15) is 14.7 Å². The lowest BCUT2D eigenvalue weighted by molar-refractivity contribution is -0.145. The molecule has 6 heteroatoms. The van der Waals surface area contributed by atoms with E-state index in [4.69, 9.17) is 9.84 Å². The second kappa shape index (κ2) is 14.4. The summed E-state index contributed by atoms with van der Waals surface area (Å²) in [5.41, 5.74) is 0. The van der Waals surface area contributed by atoms with Crippen molar-refractivity contribution in [1.82, 2.24) is 0 Å². The Balaban J connectivity index is 2.43. The van der Waals surface area contributed by atoms with Crippen molar-refractivity contribution in [2.75, 3.05) is 5.75 Å². The predicted molar refractivity (Wildman–Crippen MR) is 109 cm³/mol. The number of hydrogen-bond acceptors (Lipinski definition) is 4. The van der Waals surface area contributed by atoms with Crippen LogP contribution >= 0.6 is 11.8 Å². The molecule has 0 aliphatic carbocycles. The Labute approximate surface area is 166 Å². The van der Waals surface area contributed by atoms with Gasteiger partial charge in [-0.3, -0.25) is 4.79 Å². The highest BCUT2D eigenvalue weighted by molar-refractivity contribution is 7.99. The second-order valence-corrected chi connectivity index (χ2v) is 7.78. The normalized spacial score (nSPS) is 11.9. The fourth-order valence-corrected chi connectivity index (χ4v) is 3.69. The Morgan fingerprint density at radius 3 is 2.26 bits per heavy atom. The van der Waals surface area contributed by atoms with E-state index in [0.717, 1.165) is 24.2 Å². The Bertz CT molecular complexity index is 561. The van der Waals surface area contributed by atoms with Crippen molar-refractivity contribution in [3.05, 3.63) is 24.3 Å². The van der Waals surface area contributed by atoms with Crippen LogP contribution in [0.3, 0.4) is 0 Å². The van der Waals surface area contributed by atoms with Crippen molar-refractivity contribution in [3.8, 4) is 5.75 Å². The van der Waals surface area contributed by atoms with Crippen LogP contribution in [-0.4, -0.2) is 34.0 Å². The highest BCUT2D eigenvalue weighted by Crippen LogP contribution is 2.31. The number of ether oxygens (including phenoxy) is 1. The lowest BCUT2D eigenvalue weighted by Crippen LogP contribution is -2.27. The lowest BCUT2D eigenvalue weighted by atomic mass is 10.1. The van der Waals surface area contributed by atoms with Gasteiger partial charge in [0.05, 0.1) is 6.42 Å². The van der Waals surface area contributed by atoms with E-state index in [1.807, 2.05) is 12.1 Å².